The predicted molar refractivity (Wildman–Crippen MR) is 54.8 cm³/mol. The van der Waals surface area contributed by atoms with Crippen molar-refractivity contribution < 1.29 is 9.00 Å². The molecule has 0 aliphatic carbocycles. The van der Waals surface area contributed by atoms with Gasteiger partial charge < -0.3 is 11.1 Å². The van der Waals surface area contributed by atoms with E-state index in [1.165, 1.54) is 0 Å². The van der Waals surface area contributed by atoms with Gasteiger partial charge in [-0.3, -0.25) is 9.00 Å². The first-order chi connectivity index (χ1) is 6.04. The van der Waals surface area contributed by atoms with Crippen molar-refractivity contribution in [3.8, 4) is 0 Å². The van der Waals surface area contributed by atoms with Crippen LogP contribution in [0.25, 0.3) is 0 Å². The van der Waals surface area contributed by atoms with Gasteiger partial charge in [0.25, 0.3) is 0 Å². The quantitative estimate of drug-likeness (QED) is 0.643. The fourth-order valence-electron chi connectivity index (χ4n) is 1.01. The molecule has 3 atom stereocenters. The van der Waals surface area contributed by atoms with Crippen LogP contribution in [0.15, 0.2) is 0 Å². The minimum atomic E-state index is -1.13. The van der Waals surface area contributed by atoms with Crippen LogP contribution in [0.5, 0.6) is 0 Å². The van der Waals surface area contributed by atoms with Crippen LogP contribution in [0.1, 0.15) is 20.3 Å². The molecule has 0 saturated carbocycles. The van der Waals surface area contributed by atoms with E-state index in [9.17, 15) is 9.00 Å². The van der Waals surface area contributed by atoms with Gasteiger partial charge in [-0.05, 0) is 19.9 Å². The summed E-state index contributed by atoms with van der Waals surface area (Å²) in [6.45, 7) is 4.03. The van der Waals surface area contributed by atoms with Crippen LogP contribution in [0.4, 0.5) is 0 Å². The fourth-order valence-corrected chi connectivity index (χ4v) is 2.40. The summed E-state index contributed by atoms with van der Waals surface area (Å²) in [5.74, 6) is -0.179. The Hall–Kier alpha value is -0.420. The molecular weight excluding hydrogens is 188 g/mol. The van der Waals surface area contributed by atoms with Crippen LogP contribution in [0, 0.1) is 0 Å². The van der Waals surface area contributed by atoms with Gasteiger partial charge in [0, 0.05) is 23.1 Å². The summed E-state index contributed by atoms with van der Waals surface area (Å²) in [4.78, 5) is 11.1. The first kappa shape index (κ1) is 12.6. The molecule has 0 aromatic carbocycles. The van der Waals surface area contributed by atoms with Gasteiger partial charge in [-0.2, -0.15) is 0 Å². The average Bonchev–Trinajstić information content (AvgIpc) is 2.14. The molecule has 0 fully saturated rings. The van der Waals surface area contributed by atoms with Gasteiger partial charge >= 0.3 is 0 Å². The first-order valence-electron chi connectivity index (χ1n) is 4.35. The molecule has 0 saturated heterocycles. The summed E-state index contributed by atoms with van der Waals surface area (Å²) in [5.41, 5.74) is 5.34. The summed E-state index contributed by atoms with van der Waals surface area (Å²) in [6.07, 6.45) is 0.688. The van der Waals surface area contributed by atoms with E-state index in [4.69, 9.17) is 5.73 Å². The highest BCUT2D eigenvalue weighted by molar-refractivity contribution is 7.87. The van der Waals surface area contributed by atoms with E-state index in [-0.39, 0.29) is 11.2 Å². The van der Waals surface area contributed by atoms with E-state index >= 15 is 0 Å². The number of carbonyl (C=O) groups is 1. The fraction of sp³-hybridized carbons (Fsp3) is 0.875. The lowest BCUT2D eigenvalue weighted by Gasteiger charge is -2.15. The topological polar surface area (TPSA) is 72.2 Å². The van der Waals surface area contributed by atoms with Gasteiger partial charge in [0.05, 0.1) is 0 Å². The van der Waals surface area contributed by atoms with Crippen molar-refractivity contribution >= 4 is 16.7 Å². The number of nitrogens with two attached hydrogens (primary N) is 1. The van der Waals surface area contributed by atoms with Crippen molar-refractivity contribution in [1.82, 2.24) is 5.32 Å². The third kappa shape index (κ3) is 3.87. The van der Waals surface area contributed by atoms with E-state index in [0.29, 0.717) is 13.0 Å². The molecule has 0 bridgehead atoms. The molecule has 0 heterocycles. The Bertz CT molecular complexity index is 197. The molecule has 3 N–H and O–H groups in total. The van der Waals surface area contributed by atoms with Crippen LogP contribution in [0.2, 0.25) is 0 Å². The highest BCUT2D eigenvalue weighted by atomic mass is 32.2. The lowest BCUT2D eigenvalue weighted by molar-refractivity contribution is -0.119. The number of carbonyl (C=O) groups excluding carboxylic acids is 1. The summed E-state index contributed by atoms with van der Waals surface area (Å²) in [7, 11) is 0.414. The zero-order valence-electron chi connectivity index (χ0n) is 8.37. The van der Waals surface area contributed by atoms with Crippen LogP contribution >= 0.6 is 0 Å². The summed E-state index contributed by atoms with van der Waals surface area (Å²) in [5, 5.41) is 2.01. The van der Waals surface area contributed by atoms with Crippen molar-refractivity contribution in [3.05, 3.63) is 0 Å². The Morgan fingerprint density at radius 1 is 1.54 bits per heavy atom. The number of hydrogen-bond donors (Lipinski definition) is 2. The summed E-state index contributed by atoms with van der Waals surface area (Å²) >= 11 is 0. The smallest absolute Gasteiger partial charge is 0.235 e. The van der Waals surface area contributed by atoms with Gasteiger partial charge in [0.2, 0.25) is 5.91 Å². The Morgan fingerprint density at radius 2 is 2.08 bits per heavy atom. The molecule has 4 nitrogen and oxygen atoms in total. The second-order valence-corrected chi connectivity index (χ2v) is 5.14. The molecule has 13 heavy (non-hydrogen) atoms. The third-order valence-electron chi connectivity index (χ3n) is 1.93. The first-order valence-corrected chi connectivity index (χ1v) is 5.63. The standard InChI is InChI=1S/C8H18N2O2S/c1-6(4-5-9)13(12)7(2)8(11)10-3/h6-7H,4-5,9H2,1-3H3,(H,10,11). The normalized spacial score (nSPS) is 17.5. The van der Waals surface area contributed by atoms with Crippen LogP contribution in [-0.2, 0) is 15.6 Å². The van der Waals surface area contributed by atoms with Gasteiger partial charge in [-0.15, -0.1) is 0 Å². The van der Waals surface area contributed by atoms with Crippen molar-refractivity contribution in [1.29, 1.82) is 0 Å². The molecule has 0 radical (unpaired) electrons. The SMILES string of the molecule is CNC(=O)C(C)S(=O)C(C)CCN. The van der Waals surface area contributed by atoms with Crippen molar-refractivity contribution in [2.75, 3.05) is 13.6 Å². The Kier molecular flexibility index (Phi) is 5.90. The Labute approximate surface area is 81.7 Å². The third-order valence-corrected chi connectivity index (χ3v) is 3.87. The maximum Gasteiger partial charge on any atom is 0.235 e. The Balaban J connectivity index is 4.16. The average molecular weight is 206 g/mol. The predicted octanol–water partition coefficient (Wildman–Crippen LogP) is -0.393. The van der Waals surface area contributed by atoms with Gasteiger partial charge in [0.1, 0.15) is 5.25 Å². The largest absolute Gasteiger partial charge is 0.358 e. The maximum atomic E-state index is 11.6. The van der Waals surface area contributed by atoms with Crippen LogP contribution < -0.4 is 11.1 Å². The van der Waals surface area contributed by atoms with Crippen molar-refractivity contribution in [3.63, 3.8) is 0 Å². The van der Waals surface area contributed by atoms with E-state index in [1.807, 2.05) is 6.92 Å². The molecule has 0 rings (SSSR count). The van der Waals surface area contributed by atoms with Gasteiger partial charge in [-0.1, -0.05) is 6.92 Å². The maximum absolute atomic E-state index is 11.6. The molecule has 0 aromatic heterocycles. The number of rotatable bonds is 5. The number of amides is 1. The highest BCUT2D eigenvalue weighted by Crippen LogP contribution is 2.06. The Morgan fingerprint density at radius 3 is 2.46 bits per heavy atom. The van der Waals surface area contributed by atoms with Crippen molar-refractivity contribution in [2.24, 2.45) is 5.73 Å². The molecular formula is C8H18N2O2S. The minimum absolute atomic E-state index is 0.0164. The minimum Gasteiger partial charge on any atom is -0.358 e. The molecule has 0 aliphatic rings. The zero-order valence-corrected chi connectivity index (χ0v) is 9.19. The lowest BCUT2D eigenvalue weighted by atomic mass is 10.3. The zero-order chi connectivity index (χ0) is 10.4. The number of nitrogens with one attached hydrogen (secondary N) is 1. The van der Waals surface area contributed by atoms with Crippen LogP contribution in [0.3, 0.4) is 0 Å². The molecule has 78 valence electrons. The lowest BCUT2D eigenvalue weighted by Crippen LogP contribution is -2.36. The highest BCUT2D eigenvalue weighted by Gasteiger charge is 2.22. The van der Waals surface area contributed by atoms with Gasteiger partial charge in [0.15, 0.2) is 0 Å². The molecule has 0 spiro atoms. The summed E-state index contributed by atoms with van der Waals surface area (Å²) < 4.78 is 11.6. The van der Waals surface area contributed by atoms with Crippen molar-refractivity contribution in [2.45, 2.75) is 30.8 Å². The molecule has 5 heteroatoms. The molecule has 1 amide bonds. The van der Waals surface area contributed by atoms with E-state index in [0.717, 1.165) is 0 Å². The van der Waals surface area contributed by atoms with E-state index in [2.05, 4.69) is 5.32 Å². The molecule has 0 aliphatic heterocycles. The monoisotopic (exact) mass is 206 g/mol. The van der Waals surface area contributed by atoms with E-state index in [1.54, 1.807) is 14.0 Å². The molecule has 3 unspecified atom stereocenters. The second-order valence-electron chi connectivity index (χ2n) is 2.97. The van der Waals surface area contributed by atoms with E-state index < -0.39 is 16.0 Å². The van der Waals surface area contributed by atoms with Gasteiger partial charge in [-0.25, -0.2) is 0 Å². The molecule has 0 aromatic rings. The summed E-state index contributed by atoms with van der Waals surface area (Å²) in [6, 6.07) is 0. The number of hydrogen-bond acceptors (Lipinski definition) is 3. The van der Waals surface area contributed by atoms with Crippen LogP contribution in [-0.4, -0.2) is 34.2 Å². The second kappa shape index (κ2) is 6.10.